The summed E-state index contributed by atoms with van der Waals surface area (Å²) in [5.74, 6) is 0.767. The third kappa shape index (κ3) is 5.75. The van der Waals surface area contributed by atoms with Crippen LogP contribution in [-0.4, -0.2) is 25.1 Å². The van der Waals surface area contributed by atoms with Crippen molar-refractivity contribution in [1.82, 2.24) is 5.32 Å². The van der Waals surface area contributed by atoms with Crippen molar-refractivity contribution in [3.63, 3.8) is 0 Å². The first-order valence-corrected chi connectivity index (χ1v) is 6.76. The molecule has 1 amide bonds. The average molecular weight is 264 g/mol. The van der Waals surface area contributed by atoms with Gasteiger partial charge in [0.15, 0.2) is 0 Å². The summed E-state index contributed by atoms with van der Waals surface area (Å²) in [6, 6.07) is 7.96. The van der Waals surface area contributed by atoms with E-state index in [0.29, 0.717) is 13.1 Å². The number of benzene rings is 1. The Hall–Kier alpha value is -1.55. The number of carbonyl (C=O) groups is 1. The molecule has 106 valence electrons. The van der Waals surface area contributed by atoms with E-state index in [1.807, 2.05) is 45.0 Å². The summed E-state index contributed by atoms with van der Waals surface area (Å²) in [5, 5.41) is 2.88. The molecule has 1 aromatic carbocycles. The fourth-order valence-electron chi connectivity index (χ4n) is 1.62. The van der Waals surface area contributed by atoms with Crippen LogP contribution in [-0.2, 0) is 11.2 Å². The molecule has 0 saturated carbocycles. The molecule has 4 heteroatoms. The SMILES string of the molecule is CC(C)Oc1ccc(CCNC(=O)C(C)CN)cc1. The Balaban J connectivity index is 2.36. The zero-order chi connectivity index (χ0) is 14.3. The van der Waals surface area contributed by atoms with Gasteiger partial charge in [0.05, 0.1) is 6.10 Å². The smallest absolute Gasteiger partial charge is 0.224 e. The fourth-order valence-corrected chi connectivity index (χ4v) is 1.62. The van der Waals surface area contributed by atoms with Crippen molar-refractivity contribution in [2.75, 3.05) is 13.1 Å². The van der Waals surface area contributed by atoms with Gasteiger partial charge >= 0.3 is 0 Å². The van der Waals surface area contributed by atoms with E-state index in [-0.39, 0.29) is 17.9 Å². The van der Waals surface area contributed by atoms with Gasteiger partial charge in [-0.2, -0.15) is 0 Å². The molecule has 1 rings (SSSR count). The van der Waals surface area contributed by atoms with E-state index in [1.54, 1.807) is 0 Å². The molecule has 0 radical (unpaired) electrons. The van der Waals surface area contributed by atoms with Crippen LogP contribution < -0.4 is 15.8 Å². The lowest BCUT2D eigenvalue weighted by Crippen LogP contribution is -2.34. The molecule has 4 nitrogen and oxygen atoms in total. The van der Waals surface area contributed by atoms with E-state index >= 15 is 0 Å². The molecule has 0 aliphatic carbocycles. The summed E-state index contributed by atoms with van der Waals surface area (Å²) >= 11 is 0. The monoisotopic (exact) mass is 264 g/mol. The van der Waals surface area contributed by atoms with Crippen molar-refractivity contribution in [2.24, 2.45) is 11.7 Å². The molecule has 0 bridgehead atoms. The molecule has 0 aliphatic heterocycles. The number of nitrogens with two attached hydrogens (primary N) is 1. The van der Waals surface area contributed by atoms with Gasteiger partial charge in [-0.15, -0.1) is 0 Å². The summed E-state index contributed by atoms with van der Waals surface area (Å²) in [6.07, 6.45) is 0.994. The van der Waals surface area contributed by atoms with Crippen molar-refractivity contribution in [2.45, 2.75) is 33.3 Å². The standard InChI is InChI=1S/C15H24N2O2/c1-11(2)19-14-6-4-13(5-7-14)8-9-17-15(18)12(3)10-16/h4-7,11-12H,8-10,16H2,1-3H3,(H,17,18). The van der Waals surface area contributed by atoms with Gasteiger partial charge in [-0.1, -0.05) is 19.1 Å². The summed E-state index contributed by atoms with van der Waals surface area (Å²) < 4.78 is 5.57. The van der Waals surface area contributed by atoms with E-state index in [2.05, 4.69) is 5.32 Å². The number of hydrogen-bond acceptors (Lipinski definition) is 3. The van der Waals surface area contributed by atoms with Gasteiger partial charge in [0.1, 0.15) is 5.75 Å². The second-order valence-electron chi connectivity index (χ2n) is 4.99. The van der Waals surface area contributed by atoms with Crippen LogP contribution in [0.4, 0.5) is 0 Å². The second-order valence-corrected chi connectivity index (χ2v) is 4.99. The predicted molar refractivity (Wildman–Crippen MR) is 77.1 cm³/mol. The van der Waals surface area contributed by atoms with Gasteiger partial charge in [-0.05, 0) is 38.0 Å². The zero-order valence-corrected chi connectivity index (χ0v) is 12.0. The Kier molecular flexibility index (Phi) is 6.36. The van der Waals surface area contributed by atoms with Crippen molar-refractivity contribution < 1.29 is 9.53 Å². The molecule has 0 spiro atoms. The Bertz CT molecular complexity index is 388. The molecule has 19 heavy (non-hydrogen) atoms. The Labute approximate surface area is 115 Å². The van der Waals surface area contributed by atoms with Gasteiger partial charge in [0.2, 0.25) is 5.91 Å². The van der Waals surface area contributed by atoms with Crippen molar-refractivity contribution in [1.29, 1.82) is 0 Å². The number of carbonyl (C=O) groups excluding carboxylic acids is 1. The first kappa shape index (κ1) is 15.5. The lowest BCUT2D eigenvalue weighted by atomic mass is 10.1. The molecule has 1 aromatic rings. The maximum Gasteiger partial charge on any atom is 0.224 e. The third-order valence-corrected chi connectivity index (χ3v) is 2.81. The minimum absolute atomic E-state index is 0.0160. The van der Waals surface area contributed by atoms with Crippen molar-refractivity contribution in [3.05, 3.63) is 29.8 Å². The minimum Gasteiger partial charge on any atom is -0.491 e. The quantitative estimate of drug-likeness (QED) is 0.788. The molecule has 0 fully saturated rings. The zero-order valence-electron chi connectivity index (χ0n) is 12.0. The second kappa shape index (κ2) is 7.79. The lowest BCUT2D eigenvalue weighted by Gasteiger charge is -2.11. The number of hydrogen-bond donors (Lipinski definition) is 2. The summed E-state index contributed by atoms with van der Waals surface area (Å²) in [5.41, 5.74) is 6.61. The predicted octanol–water partition coefficient (Wildman–Crippen LogP) is 1.73. The number of ether oxygens (including phenoxy) is 1. The van der Waals surface area contributed by atoms with Crippen LogP contribution in [0.15, 0.2) is 24.3 Å². The van der Waals surface area contributed by atoms with E-state index in [4.69, 9.17) is 10.5 Å². The molecular formula is C15H24N2O2. The van der Waals surface area contributed by atoms with Crippen LogP contribution in [0.3, 0.4) is 0 Å². The summed E-state index contributed by atoms with van der Waals surface area (Å²) in [6.45, 7) is 6.85. The number of amides is 1. The molecular weight excluding hydrogens is 240 g/mol. The maximum absolute atomic E-state index is 11.5. The van der Waals surface area contributed by atoms with E-state index in [0.717, 1.165) is 12.2 Å². The Morgan fingerprint density at radius 1 is 1.26 bits per heavy atom. The summed E-state index contributed by atoms with van der Waals surface area (Å²) in [7, 11) is 0. The van der Waals surface area contributed by atoms with Gasteiger partial charge in [-0.25, -0.2) is 0 Å². The normalized spacial score (nSPS) is 12.3. The van der Waals surface area contributed by atoms with Crippen LogP contribution in [0.2, 0.25) is 0 Å². The topological polar surface area (TPSA) is 64.3 Å². The highest BCUT2D eigenvalue weighted by Crippen LogP contribution is 2.13. The molecule has 1 unspecified atom stereocenters. The van der Waals surface area contributed by atoms with Crippen LogP contribution in [0.1, 0.15) is 26.3 Å². The fraction of sp³-hybridized carbons (Fsp3) is 0.533. The molecule has 0 aromatic heterocycles. The van der Waals surface area contributed by atoms with E-state index < -0.39 is 0 Å². The van der Waals surface area contributed by atoms with Gasteiger partial charge in [-0.3, -0.25) is 4.79 Å². The van der Waals surface area contributed by atoms with Crippen molar-refractivity contribution in [3.8, 4) is 5.75 Å². The molecule has 3 N–H and O–H groups in total. The minimum atomic E-state index is -0.123. The van der Waals surface area contributed by atoms with Crippen LogP contribution >= 0.6 is 0 Å². The first-order chi connectivity index (χ1) is 9.02. The van der Waals surface area contributed by atoms with Crippen LogP contribution in [0.5, 0.6) is 5.75 Å². The summed E-state index contributed by atoms with van der Waals surface area (Å²) in [4.78, 5) is 11.5. The van der Waals surface area contributed by atoms with E-state index in [9.17, 15) is 4.79 Å². The van der Waals surface area contributed by atoms with Gasteiger partial charge in [0, 0.05) is 19.0 Å². The largest absolute Gasteiger partial charge is 0.491 e. The number of rotatable bonds is 7. The van der Waals surface area contributed by atoms with Crippen molar-refractivity contribution >= 4 is 5.91 Å². The molecule has 0 heterocycles. The number of nitrogens with one attached hydrogen (secondary N) is 1. The maximum atomic E-state index is 11.5. The van der Waals surface area contributed by atoms with Gasteiger partial charge < -0.3 is 15.8 Å². The van der Waals surface area contributed by atoms with E-state index in [1.165, 1.54) is 5.56 Å². The van der Waals surface area contributed by atoms with Crippen LogP contribution in [0.25, 0.3) is 0 Å². The highest BCUT2D eigenvalue weighted by molar-refractivity contribution is 5.78. The highest BCUT2D eigenvalue weighted by Gasteiger charge is 2.09. The highest BCUT2D eigenvalue weighted by atomic mass is 16.5. The Morgan fingerprint density at radius 3 is 2.42 bits per heavy atom. The molecule has 0 aliphatic rings. The molecule has 1 atom stereocenters. The van der Waals surface area contributed by atoms with Crippen LogP contribution in [0, 0.1) is 5.92 Å². The lowest BCUT2D eigenvalue weighted by molar-refractivity contribution is -0.124. The van der Waals surface area contributed by atoms with Gasteiger partial charge in [0.25, 0.3) is 0 Å². The third-order valence-electron chi connectivity index (χ3n) is 2.81. The average Bonchev–Trinajstić information content (AvgIpc) is 2.39. The Morgan fingerprint density at radius 2 is 1.89 bits per heavy atom. The molecule has 0 saturated heterocycles. The first-order valence-electron chi connectivity index (χ1n) is 6.76.